The molecule has 1 unspecified atom stereocenters. The monoisotopic (exact) mass is 264 g/mol. The van der Waals surface area contributed by atoms with Gasteiger partial charge in [0.25, 0.3) is 5.91 Å². The number of aromatic nitrogens is 1. The number of rotatable bonds is 4. The van der Waals surface area contributed by atoms with Gasteiger partial charge in [-0.3, -0.25) is 9.59 Å². The van der Waals surface area contributed by atoms with Gasteiger partial charge >= 0.3 is 0 Å². The molecule has 2 heterocycles. The molecule has 1 aliphatic heterocycles. The first kappa shape index (κ1) is 13.5. The maximum atomic E-state index is 12.5. The molecule has 1 aromatic rings. The van der Waals surface area contributed by atoms with E-state index in [1.54, 1.807) is 17.2 Å². The average molecular weight is 264 g/mol. The first-order valence-corrected chi connectivity index (χ1v) is 6.60. The highest BCUT2D eigenvalue weighted by atomic mass is 16.2. The van der Waals surface area contributed by atoms with Crippen molar-refractivity contribution in [2.24, 2.45) is 5.73 Å². The Kier molecular flexibility index (Phi) is 3.78. The Labute approximate surface area is 112 Å². The fraction of sp³-hybridized carbons (Fsp3) is 0.538. The van der Waals surface area contributed by atoms with Gasteiger partial charge in [-0.15, -0.1) is 0 Å². The van der Waals surface area contributed by atoms with Crippen molar-refractivity contribution < 1.29 is 9.59 Å². The van der Waals surface area contributed by atoms with Crippen molar-refractivity contribution in [3.8, 4) is 0 Å². The van der Waals surface area contributed by atoms with Crippen LogP contribution in [0.1, 0.15) is 36.7 Å². The van der Waals surface area contributed by atoms with Crippen LogP contribution in [0.4, 0.5) is 5.69 Å². The third-order valence-corrected chi connectivity index (χ3v) is 3.44. The molecule has 4 N–H and O–H groups in total. The van der Waals surface area contributed by atoms with E-state index < -0.39 is 11.9 Å². The second kappa shape index (κ2) is 5.34. The van der Waals surface area contributed by atoms with Crippen LogP contribution in [0.2, 0.25) is 0 Å². The molecule has 0 aliphatic carbocycles. The van der Waals surface area contributed by atoms with E-state index in [0.29, 0.717) is 24.3 Å². The Morgan fingerprint density at radius 3 is 2.84 bits per heavy atom. The molecule has 1 aromatic heterocycles. The number of nitrogens with zero attached hydrogens (tertiary/aromatic N) is 2. The summed E-state index contributed by atoms with van der Waals surface area (Å²) in [6, 6.07) is 1.17. The molecular weight excluding hydrogens is 244 g/mol. The minimum absolute atomic E-state index is 0.161. The molecule has 0 spiro atoms. The summed E-state index contributed by atoms with van der Waals surface area (Å²) in [6.07, 6.45) is 4.12. The van der Waals surface area contributed by atoms with Crippen LogP contribution in [-0.4, -0.2) is 33.9 Å². The zero-order valence-corrected chi connectivity index (χ0v) is 11.1. The molecule has 2 rings (SSSR count). The van der Waals surface area contributed by atoms with Gasteiger partial charge in [0.15, 0.2) is 0 Å². The molecule has 0 bridgehead atoms. The second-order valence-corrected chi connectivity index (χ2v) is 4.91. The lowest BCUT2D eigenvalue weighted by molar-refractivity contribution is -0.121. The second-order valence-electron chi connectivity index (χ2n) is 4.91. The summed E-state index contributed by atoms with van der Waals surface area (Å²) in [7, 11) is 0. The molecule has 1 saturated heterocycles. The van der Waals surface area contributed by atoms with Crippen molar-refractivity contribution in [1.29, 1.82) is 0 Å². The molecular formula is C13H20N4O2. The van der Waals surface area contributed by atoms with Crippen LogP contribution >= 0.6 is 0 Å². The van der Waals surface area contributed by atoms with E-state index in [0.717, 1.165) is 19.4 Å². The lowest BCUT2D eigenvalue weighted by Gasteiger charge is -2.22. The number of hydrogen-bond donors (Lipinski definition) is 2. The van der Waals surface area contributed by atoms with Crippen LogP contribution in [0.3, 0.4) is 0 Å². The van der Waals surface area contributed by atoms with Gasteiger partial charge in [0.05, 0.1) is 5.69 Å². The number of carbonyl (C=O) groups is 2. The number of hydrogen-bond acceptors (Lipinski definition) is 3. The lowest BCUT2D eigenvalue weighted by atomic mass is 10.2. The predicted molar refractivity (Wildman–Crippen MR) is 72.4 cm³/mol. The van der Waals surface area contributed by atoms with Gasteiger partial charge in [-0.25, -0.2) is 0 Å². The Morgan fingerprint density at radius 1 is 1.47 bits per heavy atom. The van der Waals surface area contributed by atoms with Crippen molar-refractivity contribution in [3.05, 3.63) is 18.0 Å². The molecule has 0 saturated carbocycles. The molecule has 104 valence electrons. The normalized spacial score (nSPS) is 18.8. The Morgan fingerprint density at radius 2 is 2.21 bits per heavy atom. The highest BCUT2D eigenvalue weighted by molar-refractivity contribution is 5.97. The Hall–Kier alpha value is -1.98. The van der Waals surface area contributed by atoms with Crippen molar-refractivity contribution in [1.82, 2.24) is 9.47 Å². The molecule has 0 radical (unpaired) electrons. The van der Waals surface area contributed by atoms with Crippen molar-refractivity contribution in [2.75, 3.05) is 12.3 Å². The molecule has 1 fully saturated rings. The van der Waals surface area contributed by atoms with E-state index in [4.69, 9.17) is 11.5 Å². The Bertz CT molecular complexity index is 495. The highest BCUT2D eigenvalue weighted by Crippen LogP contribution is 2.22. The molecule has 6 nitrogen and oxygen atoms in total. The number of nitrogens with two attached hydrogens (primary N) is 2. The number of anilines is 1. The summed E-state index contributed by atoms with van der Waals surface area (Å²) in [5.41, 5.74) is 12.2. The fourth-order valence-corrected chi connectivity index (χ4v) is 2.59. The zero-order chi connectivity index (χ0) is 14.0. The molecule has 19 heavy (non-hydrogen) atoms. The summed E-state index contributed by atoms with van der Waals surface area (Å²) in [5.74, 6) is -0.598. The lowest BCUT2D eigenvalue weighted by Crippen LogP contribution is -2.44. The molecule has 1 atom stereocenters. The van der Waals surface area contributed by atoms with Crippen LogP contribution in [-0.2, 0) is 11.3 Å². The number of amides is 2. The van der Waals surface area contributed by atoms with E-state index in [1.165, 1.54) is 0 Å². The number of aryl methyl sites for hydroxylation is 1. The van der Waals surface area contributed by atoms with Gasteiger partial charge in [-0.2, -0.15) is 0 Å². The van der Waals surface area contributed by atoms with Crippen LogP contribution in [0.5, 0.6) is 0 Å². The van der Waals surface area contributed by atoms with Crippen LogP contribution in [0.25, 0.3) is 0 Å². The van der Waals surface area contributed by atoms with E-state index in [1.807, 2.05) is 11.5 Å². The smallest absolute Gasteiger partial charge is 0.271 e. The number of primary amides is 1. The number of likely N-dealkylation sites (tertiary alicyclic amines) is 1. The summed E-state index contributed by atoms with van der Waals surface area (Å²) >= 11 is 0. The van der Waals surface area contributed by atoms with E-state index in [9.17, 15) is 9.59 Å². The maximum absolute atomic E-state index is 12.5. The first-order valence-electron chi connectivity index (χ1n) is 6.60. The quantitative estimate of drug-likeness (QED) is 0.832. The SMILES string of the molecule is CCCn1cc(N)cc1C(=O)N1CCCC1C(N)=O. The molecule has 0 aromatic carbocycles. The first-order chi connectivity index (χ1) is 9.04. The number of nitrogen functional groups attached to an aromatic ring is 1. The van der Waals surface area contributed by atoms with Gasteiger partial charge in [-0.05, 0) is 25.3 Å². The van der Waals surface area contributed by atoms with Gasteiger partial charge in [0, 0.05) is 19.3 Å². The third kappa shape index (κ3) is 2.57. The average Bonchev–Trinajstić information content (AvgIpc) is 2.95. The van der Waals surface area contributed by atoms with Gasteiger partial charge in [0.2, 0.25) is 5.91 Å². The van der Waals surface area contributed by atoms with Crippen molar-refractivity contribution in [3.63, 3.8) is 0 Å². The van der Waals surface area contributed by atoms with E-state index in [-0.39, 0.29) is 5.91 Å². The third-order valence-electron chi connectivity index (χ3n) is 3.44. The van der Waals surface area contributed by atoms with Gasteiger partial charge in [-0.1, -0.05) is 6.92 Å². The highest BCUT2D eigenvalue weighted by Gasteiger charge is 2.34. The summed E-state index contributed by atoms with van der Waals surface area (Å²) < 4.78 is 1.84. The minimum atomic E-state index is -0.487. The summed E-state index contributed by atoms with van der Waals surface area (Å²) in [5, 5.41) is 0. The Balaban J connectivity index is 2.26. The molecule has 6 heteroatoms. The fourth-order valence-electron chi connectivity index (χ4n) is 2.59. The van der Waals surface area contributed by atoms with E-state index in [2.05, 4.69) is 0 Å². The summed E-state index contributed by atoms with van der Waals surface area (Å²) in [6.45, 7) is 3.34. The number of carbonyl (C=O) groups excluding carboxylic acids is 2. The molecule has 1 aliphatic rings. The van der Waals surface area contributed by atoms with Gasteiger partial charge in [0.1, 0.15) is 11.7 Å². The standard InChI is InChI=1S/C13H20N4O2/c1-2-5-16-8-9(14)7-11(16)13(19)17-6-3-4-10(17)12(15)18/h7-8,10H,2-6,14H2,1H3,(H2,15,18). The van der Waals surface area contributed by atoms with Gasteiger partial charge < -0.3 is 20.9 Å². The maximum Gasteiger partial charge on any atom is 0.271 e. The van der Waals surface area contributed by atoms with Crippen molar-refractivity contribution in [2.45, 2.75) is 38.8 Å². The van der Waals surface area contributed by atoms with Crippen molar-refractivity contribution >= 4 is 17.5 Å². The predicted octanol–water partition coefficient (Wildman–Crippen LogP) is 0.570. The largest absolute Gasteiger partial charge is 0.397 e. The summed E-state index contributed by atoms with van der Waals surface area (Å²) in [4.78, 5) is 25.4. The minimum Gasteiger partial charge on any atom is -0.397 e. The molecule has 2 amide bonds. The van der Waals surface area contributed by atoms with Crippen LogP contribution in [0, 0.1) is 0 Å². The van der Waals surface area contributed by atoms with Crippen LogP contribution < -0.4 is 11.5 Å². The zero-order valence-electron chi connectivity index (χ0n) is 11.1. The van der Waals surface area contributed by atoms with Crippen LogP contribution in [0.15, 0.2) is 12.3 Å². The topological polar surface area (TPSA) is 94.3 Å². The van der Waals surface area contributed by atoms with E-state index >= 15 is 0 Å².